The van der Waals surface area contributed by atoms with Crippen LogP contribution in [0.2, 0.25) is 0 Å². The molecule has 1 heterocycles. The van der Waals surface area contributed by atoms with Gasteiger partial charge in [-0.3, -0.25) is 4.79 Å². The van der Waals surface area contributed by atoms with Gasteiger partial charge in [-0.15, -0.1) is 0 Å². The van der Waals surface area contributed by atoms with Crippen LogP contribution in [-0.4, -0.2) is 50.3 Å². The summed E-state index contributed by atoms with van der Waals surface area (Å²) in [7, 11) is -1.84. The zero-order valence-corrected chi connectivity index (χ0v) is 18.2. The van der Waals surface area contributed by atoms with Crippen molar-refractivity contribution >= 4 is 15.9 Å². The van der Waals surface area contributed by atoms with Gasteiger partial charge in [0.25, 0.3) is 0 Å². The zero-order chi connectivity index (χ0) is 22.4. The number of hydrogen-bond acceptors (Lipinski definition) is 4. The first-order valence-electron chi connectivity index (χ1n) is 10.1. The van der Waals surface area contributed by atoms with Gasteiger partial charge in [-0.2, -0.15) is 13.1 Å². The lowest BCUT2D eigenvalue weighted by atomic mass is 10.1. The van der Waals surface area contributed by atoms with Crippen LogP contribution in [0, 0.1) is 0 Å². The first kappa shape index (κ1) is 23.1. The first-order chi connectivity index (χ1) is 14.8. The molecule has 3 rings (SSSR count). The van der Waals surface area contributed by atoms with Gasteiger partial charge in [-0.05, 0) is 48.2 Å². The third-order valence-electron chi connectivity index (χ3n) is 5.23. The highest BCUT2D eigenvalue weighted by molar-refractivity contribution is 7.89. The summed E-state index contributed by atoms with van der Waals surface area (Å²) in [6, 6.07) is 12.5. The Kier molecular flexibility index (Phi) is 7.61. The Labute approximate surface area is 181 Å². The Hall–Kier alpha value is -2.52. The van der Waals surface area contributed by atoms with Crippen molar-refractivity contribution in [3.63, 3.8) is 0 Å². The van der Waals surface area contributed by atoms with Gasteiger partial charge in [-0.1, -0.05) is 30.7 Å². The minimum Gasteiger partial charge on any atom is -0.435 e. The summed E-state index contributed by atoms with van der Waals surface area (Å²) in [6.07, 6.45) is 2.93. The number of benzene rings is 2. The molecule has 1 aliphatic heterocycles. The maximum absolute atomic E-state index is 12.7. The monoisotopic (exact) mass is 452 g/mol. The van der Waals surface area contributed by atoms with Crippen molar-refractivity contribution in [2.45, 2.75) is 43.7 Å². The van der Waals surface area contributed by atoms with Crippen LogP contribution in [0.4, 0.5) is 8.78 Å². The molecule has 2 aromatic rings. The Balaban J connectivity index is 1.57. The Morgan fingerprint density at radius 2 is 1.58 bits per heavy atom. The molecule has 1 amide bonds. The van der Waals surface area contributed by atoms with Crippen LogP contribution in [-0.2, 0) is 27.8 Å². The number of sulfonamides is 1. The number of carbonyl (C=O) groups is 1. The van der Waals surface area contributed by atoms with Crippen LogP contribution in [0.1, 0.15) is 30.4 Å². The van der Waals surface area contributed by atoms with Crippen molar-refractivity contribution in [3.05, 3.63) is 59.7 Å². The van der Waals surface area contributed by atoms with Crippen LogP contribution in [0.5, 0.6) is 5.75 Å². The van der Waals surface area contributed by atoms with Crippen molar-refractivity contribution in [2.75, 3.05) is 20.1 Å². The van der Waals surface area contributed by atoms with Crippen LogP contribution < -0.4 is 4.74 Å². The highest BCUT2D eigenvalue weighted by atomic mass is 32.2. The van der Waals surface area contributed by atoms with E-state index in [1.54, 1.807) is 43.4 Å². The number of halogens is 2. The molecule has 0 radical (unpaired) electrons. The molecule has 0 saturated carbocycles. The van der Waals surface area contributed by atoms with Gasteiger partial charge in [0.2, 0.25) is 15.9 Å². The molecule has 9 heteroatoms. The molecule has 1 saturated heterocycles. The summed E-state index contributed by atoms with van der Waals surface area (Å²) in [4.78, 5) is 14.3. The number of alkyl halides is 2. The van der Waals surface area contributed by atoms with Crippen LogP contribution in [0.15, 0.2) is 53.4 Å². The molecule has 0 aromatic heterocycles. The SMILES string of the molecule is CN(Cc1ccc(OC(F)F)cc1)C(=O)Cc1ccc(S(=O)(=O)N2CCCCC2)cc1. The molecule has 0 N–H and O–H groups in total. The van der Waals surface area contributed by atoms with Gasteiger partial charge in [0.05, 0.1) is 11.3 Å². The van der Waals surface area contributed by atoms with E-state index in [0.717, 1.165) is 30.4 Å². The van der Waals surface area contributed by atoms with Crippen molar-refractivity contribution < 1.29 is 26.7 Å². The maximum Gasteiger partial charge on any atom is 0.387 e. The first-order valence-corrected chi connectivity index (χ1v) is 11.6. The summed E-state index contributed by atoms with van der Waals surface area (Å²) in [5.41, 5.74) is 1.50. The number of piperidine rings is 1. The number of nitrogens with zero attached hydrogens (tertiary/aromatic N) is 2. The predicted octanol–water partition coefficient (Wildman–Crippen LogP) is 3.66. The fourth-order valence-corrected chi connectivity index (χ4v) is 5.00. The van der Waals surface area contributed by atoms with Gasteiger partial charge in [0.15, 0.2) is 0 Å². The van der Waals surface area contributed by atoms with E-state index in [2.05, 4.69) is 4.74 Å². The fraction of sp³-hybridized carbons (Fsp3) is 0.409. The summed E-state index contributed by atoms with van der Waals surface area (Å²) < 4.78 is 55.7. The number of carbonyl (C=O) groups excluding carboxylic acids is 1. The van der Waals surface area contributed by atoms with E-state index in [4.69, 9.17) is 0 Å². The van der Waals surface area contributed by atoms with E-state index in [1.165, 1.54) is 21.3 Å². The molecule has 0 spiro atoms. The van der Waals surface area contributed by atoms with Gasteiger partial charge in [0, 0.05) is 26.7 Å². The molecular weight excluding hydrogens is 426 g/mol. The van der Waals surface area contributed by atoms with Gasteiger partial charge in [-0.25, -0.2) is 8.42 Å². The van der Waals surface area contributed by atoms with Crippen LogP contribution in [0.3, 0.4) is 0 Å². The number of ether oxygens (including phenoxy) is 1. The molecule has 1 aliphatic rings. The van der Waals surface area contributed by atoms with E-state index in [1.807, 2.05) is 0 Å². The summed E-state index contributed by atoms with van der Waals surface area (Å²) in [5, 5.41) is 0. The smallest absolute Gasteiger partial charge is 0.387 e. The summed E-state index contributed by atoms with van der Waals surface area (Å²) >= 11 is 0. The van der Waals surface area contributed by atoms with E-state index in [0.29, 0.717) is 19.6 Å². The molecule has 2 aromatic carbocycles. The van der Waals surface area contributed by atoms with Crippen LogP contribution >= 0.6 is 0 Å². The molecule has 168 valence electrons. The highest BCUT2D eigenvalue weighted by Gasteiger charge is 2.25. The fourth-order valence-electron chi connectivity index (χ4n) is 3.48. The quantitative estimate of drug-likeness (QED) is 0.613. The molecule has 0 unspecified atom stereocenters. The van der Waals surface area contributed by atoms with Crippen molar-refractivity contribution in [3.8, 4) is 5.75 Å². The Bertz CT molecular complexity index is 974. The largest absolute Gasteiger partial charge is 0.435 e. The van der Waals surface area contributed by atoms with Gasteiger partial charge < -0.3 is 9.64 Å². The molecule has 0 bridgehead atoms. The lowest BCUT2D eigenvalue weighted by Gasteiger charge is -2.25. The Morgan fingerprint density at radius 3 is 2.16 bits per heavy atom. The molecule has 6 nitrogen and oxygen atoms in total. The Morgan fingerprint density at radius 1 is 1.00 bits per heavy atom. The maximum atomic E-state index is 12.7. The molecular formula is C22H26F2N2O4S. The molecule has 31 heavy (non-hydrogen) atoms. The average molecular weight is 453 g/mol. The van der Waals surface area contributed by atoms with E-state index >= 15 is 0 Å². The van der Waals surface area contributed by atoms with Gasteiger partial charge in [0.1, 0.15) is 5.75 Å². The van der Waals surface area contributed by atoms with Gasteiger partial charge >= 0.3 is 6.61 Å². The number of hydrogen-bond donors (Lipinski definition) is 0. The van der Waals surface area contributed by atoms with E-state index in [-0.39, 0.29) is 23.0 Å². The third kappa shape index (κ3) is 6.24. The number of amides is 1. The average Bonchev–Trinajstić information content (AvgIpc) is 2.75. The zero-order valence-electron chi connectivity index (χ0n) is 17.3. The van der Waals surface area contributed by atoms with Crippen molar-refractivity contribution in [1.29, 1.82) is 0 Å². The second-order valence-electron chi connectivity index (χ2n) is 7.56. The molecule has 0 atom stereocenters. The molecule has 0 aliphatic carbocycles. The van der Waals surface area contributed by atoms with Crippen molar-refractivity contribution in [1.82, 2.24) is 9.21 Å². The minimum atomic E-state index is -3.49. The standard InChI is InChI=1S/C22H26F2N2O4S/c1-25(16-18-5-9-19(10-6-18)30-22(23)24)21(27)15-17-7-11-20(12-8-17)31(28,29)26-13-3-2-4-14-26/h5-12,22H,2-4,13-16H2,1H3. The summed E-state index contributed by atoms with van der Waals surface area (Å²) in [5.74, 6) is -0.0770. The predicted molar refractivity (Wildman–Crippen MR) is 112 cm³/mol. The minimum absolute atomic E-state index is 0.0623. The normalized spacial score (nSPS) is 15.1. The van der Waals surface area contributed by atoms with E-state index < -0.39 is 16.6 Å². The lowest BCUT2D eigenvalue weighted by molar-refractivity contribution is -0.129. The van der Waals surface area contributed by atoms with Crippen molar-refractivity contribution in [2.24, 2.45) is 0 Å². The number of likely N-dealkylation sites (N-methyl/N-ethyl adjacent to an activating group) is 1. The number of rotatable bonds is 8. The highest BCUT2D eigenvalue weighted by Crippen LogP contribution is 2.21. The second-order valence-corrected chi connectivity index (χ2v) is 9.50. The lowest BCUT2D eigenvalue weighted by Crippen LogP contribution is -2.35. The summed E-state index contributed by atoms with van der Waals surface area (Å²) in [6.45, 7) is -1.48. The second kappa shape index (κ2) is 10.2. The third-order valence-corrected chi connectivity index (χ3v) is 7.14. The van der Waals surface area contributed by atoms with E-state index in [9.17, 15) is 22.0 Å². The molecule has 1 fully saturated rings. The topological polar surface area (TPSA) is 66.9 Å². The van der Waals surface area contributed by atoms with Crippen LogP contribution in [0.25, 0.3) is 0 Å².